The molecule has 1 rings (SSSR count). The van der Waals surface area contributed by atoms with Gasteiger partial charge in [0.1, 0.15) is 10.8 Å². The van der Waals surface area contributed by atoms with Crippen LogP contribution in [0.25, 0.3) is 0 Å². The molecule has 3 nitrogen and oxygen atoms in total. The van der Waals surface area contributed by atoms with Crippen LogP contribution in [0.1, 0.15) is 26.3 Å². The molecule has 1 heterocycles. The topological polar surface area (TPSA) is 42.2 Å². The fourth-order valence-corrected chi connectivity index (χ4v) is 1.81. The number of thiocarbonyl (C=S) groups is 1. The Morgan fingerprint density at radius 1 is 1.56 bits per heavy atom. The second-order valence-corrected chi connectivity index (χ2v) is 4.61. The molecule has 4 heteroatoms. The third-order valence-electron chi connectivity index (χ3n) is 2.32. The Hall–Kier alpha value is -1.16. The van der Waals surface area contributed by atoms with Crippen LogP contribution in [-0.4, -0.2) is 23.1 Å². The number of hydrogen-bond acceptors (Lipinski definition) is 3. The van der Waals surface area contributed by atoms with Crippen molar-refractivity contribution >= 4 is 23.0 Å². The van der Waals surface area contributed by atoms with Gasteiger partial charge in [0.15, 0.2) is 0 Å². The predicted molar refractivity (Wildman–Crippen MR) is 72.8 cm³/mol. The maximum absolute atomic E-state index is 5.70. The first-order valence-corrected chi connectivity index (χ1v) is 5.96. The lowest BCUT2D eigenvalue weighted by Crippen LogP contribution is -2.30. The van der Waals surface area contributed by atoms with Gasteiger partial charge in [0, 0.05) is 19.3 Å². The molecular weight excluding hydrogens is 218 g/mol. The van der Waals surface area contributed by atoms with Gasteiger partial charge in [-0.25, -0.2) is 4.98 Å². The summed E-state index contributed by atoms with van der Waals surface area (Å²) in [5.74, 6) is 1.48. The Morgan fingerprint density at radius 3 is 2.75 bits per heavy atom. The van der Waals surface area contributed by atoms with Crippen LogP contribution in [0, 0.1) is 5.92 Å². The Kier molecular flexibility index (Phi) is 4.68. The molecule has 0 aliphatic carbocycles. The molecule has 0 saturated carbocycles. The zero-order chi connectivity index (χ0) is 12.1. The van der Waals surface area contributed by atoms with Gasteiger partial charge in [-0.15, -0.1) is 0 Å². The van der Waals surface area contributed by atoms with Gasteiger partial charge in [0.25, 0.3) is 0 Å². The zero-order valence-electron chi connectivity index (χ0n) is 10.1. The number of nitrogens with zero attached hydrogens (tertiary/aromatic N) is 2. The number of rotatable bonds is 5. The molecule has 16 heavy (non-hydrogen) atoms. The van der Waals surface area contributed by atoms with Gasteiger partial charge in [-0.05, 0) is 25.0 Å². The van der Waals surface area contributed by atoms with Gasteiger partial charge in [0.05, 0.1) is 5.56 Å². The second kappa shape index (κ2) is 5.80. The smallest absolute Gasteiger partial charge is 0.138 e. The maximum Gasteiger partial charge on any atom is 0.138 e. The minimum absolute atomic E-state index is 0.408. The van der Waals surface area contributed by atoms with E-state index in [1.807, 2.05) is 12.1 Å². The number of hydrogen-bond donors (Lipinski definition) is 1. The molecule has 0 aliphatic heterocycles. The Morgan fingerprint density at radius 2 is 2.25 bits per heavy atom. The van der Waals surface area contributed by atoms with Gasteiger partial charge < -0.3 is 10.6 Å². The van der Waals surface area contributed by atoms with Gasteiger partial charge in [-0.2, -0.15) is 0 Å². The van der Waals surface area contributed by atoms with E-state index >= 15 is 0 Å². The largest absolute Gasteiger partial charge is 0.389 e. The molecule has 0 bridgehead atoms. The maximum atomic E-state index is 5.70. The summed E-state index contributed by atoms with van der Waals surface area (Å²) >= 11 is 5.04. The highest BCUT2D eigenvalue weighted by atomic mass is 32.1. The van der Waals surface area contributed by atoms with Crippen molar-refractivity contribution in [3.05, 3.63) is 23.9 Å². The molecule has 0 radical (unpaired) electrons. The number of anilines is 1. The Balaban J connectivity index is 3.04. The summed E-state index contributed by atoms with van der Waals surface area (Å²) in [6, 6.07) is 3.79. The van der Waals surface area contributed by atoms with E-state index in [9.17, 15) is 0 Å². The van der Waals surface area contributed by atoms with Crippen LogP contribution in [0.2, 0.25) is 0 Å². The van der Waals surface area contributed by atoms with Crippen LogP contribution in [0.15, 0.2) is 18.3 Å². The molecule has 0 unspecified atom stereocenters. The SMILES string of the molecule is CCN(CC(C)C)c1ncccc1C(N)=S. The molecule has 0 aromatic carbocycles. The summed E-state index contributed by atoms with van der Waals surface area (Å²) in [6.45, 7) is 8.35. The predicted octanol–water partition coefficient (Wildman–Crippen LogP) is 2.20. The zero-order valence-corrected chi connectivity index (χ0v) is 10.9. The van der Waals surface area contributed by atoms with Gasteiger partial charge >= 0.3 is 0 Å². The summed E-state index contributed by atoms with van der Waals surface area (Å²) in [6.07, 6.45) is 1.78. The van der Waals surface area contributed by atoms with E-state index in [-0.39, 0.29) is 0 Å². The molecule has 0 fully saturated rings. The molecular formula is C12H19N3S. The fraction of sp³-hybridized carbons (Fsp3) is 0.500. The van der Waals surface area contributed by atoms with Crippen molar-refractivity contribution in [1.29, 1.82) is 0 Å². The number of pyridine rings is 1. The van der Waals surface area contributed by atoms with Gasteiger partial charge in [-0.1, -0.05) is 26.1 Å². The number of aromatic nitrogens is 1. The highest BCUT2D eigenvalue weighted by Gasteiger charge is 2.13. The molecule has 1 aromatic rings. The van der Waals surface area contributed by atoms with Crippen molar-refractivity contribution in [2.24, 2.45) is 11.7 Å². The monoisotopic (exact) mass is 237 g/mol. The van der Waals surface area contributed by atoms with Crippen molar-refractivity contribution < 1.29 is 0 Å². The van der Waals surface area contributed by atoms with Crippen molar-refractivity contribution in [2.45, 2.75) is 20.8 Å². The molecule has 0 spiro atoms. The van der Waals surface area contributed by atoms with E-state index in [1.54, 1.807) is 6.20 Å². The fourth-order valence-electron chi connectivity index (χ4n) is 1.65. The average molecular weight is 237 g/mol. The van der Waals surface area contributed by atoms with Crippen molar-refractivity contribution in [3.63, 3.8) is 0 Å². The first-order chi connectivity index (χ1) is 7.56. The van der Waals surface area contributed by atoms with E-state index in [4.69, 9.17) is 18.0 Å². The van der Waals surface area contributed by atoms with Gasteiger partial charge in [0.2, 0.25) is 0 Å². The lowest BCUT2D eigenvalue weighted by molar-refractivity contribution is 0.614. The number of nitrogens with two attached hydrogens (primary N) is 1. The third-order valence-corrected chi connectivity index (χ3v) is 2.54. The van der Waals surface area contributed by atoms with E-state index in [0.29, 0.717) is 10.9 Å². The molecule has 0 amide bonds. The second-order valence-electron chi connectivity index (χ2n) is 4.17. The van der Waals surface area contributed by atoms with Crippen molar-refractivity contribution in [2.75, 3.05) is 18.0 Å². The molecule has 1 aromatic heterocycles. The summed E-state index contributed by atoms with van der Waals surface area (Å²) in [7, 11) is 0. The lowest BCUT2D eigenvalue weighted by Gasteiger charge is -2.25. The van der Waals surface area contributed by atoms with Crippen LogP contribution in [0.3, 0.4) is 0 Å². The Labute approximate surface area is 103 Å². The van der Waals surface area contributed by atoms with Crippen LogP contribution in [0.4, 0.5) is 5.82 Å². The summed E-state index contributed by atoms with van der Waals surface area (Å²) in [5.41, 5.74) is 6.56. The normalized spacial score (nSPS) is 10.5. The van der Waals surface area contributed by atoms with E-state index in [2.05, 4.69) is 30.7 Å². The highest BCUT2D eigenvalue weighted by molar-refractivity contribution is 7.80. The molecule has 2 N–H and O–H groups in total. The molecule has 0 atom stereocenters. The van der Waals surface area contributed by atoms with Crippen molar-refractivity contribution in [1.82, 2.24) is 4.98 Å². The van der Waals surface area contributed by atoms with Gasteiger partial charge in [-0.3, -0.25) is 0 Å². The van der Waals surface area contributed by atoms with Crippen LogP contribution < -0.4 is 10.6 Å². The minimum Gasteiger partial charge on any atom is -0.389 e. The van der Waals surface area contributed by atoms with E-state index in [0.717, 1.165) is 24.5 Å². The summed E-state index contributed by atoms with van der Waals surface area (Å²) < 4.78 is 0. The summed E-state index contributed by atoms with van der Waals surface area (Å²) in [4.78, 5) is 7.00. The first kappa shape index (κ1) is 12.9. The summed E-state index contributed by atoms with van der Waals surface area (Å²) in [5, 5.41) is 0. The molecule has 0 saturated heterocycles. The average Bonchev–Trinajstić information content (AvgIpc) is 2.25. The standard InChI is InChI=1S/C12H19N3S/c1-4-15(8-9(2)3)12-10(11(13)16)6-5-7-14-12/h5-7,9H,4,8H2,1-3H3,(H2,13,16). The molecule has 0 aliphatic rings. The molecule has 88 valence electrons. The minimum atomic E-state index is 0.408. The quantitative estimate of drug-likeness (QED) is 0.797. The first-order valence-electron chi connectivity index (χ1n) is 5.56. The van der Waals surface area contributed by atoms with Crippen LogP contribution in [-0.2, 0) is 0 Å². The lowest BCUT2D eigenvalue weighted by atomic mass is 10.2. The third kappa shape index (κ3) is 3.17. The van der Waals surface area contributed by atoms with Crippen LogP contribution >= 0.6 is 12.2 Å². The Bertz CT molecular complexity index is 363. The van der Waals surface area contributed by atoms with Crippen LogP contribution in [0.5, 0.6) is 0 Å². The van der Waals surface area contributed by atoms with Crippen molar-refractivity contribution in [3.8, 4) is 0 Å². The van der Waals surface area contributed by atoms with E-state index < -0.39 is 0 Å². The van der Waals surface area contributed by atoms with E-state index in [1.165, 1.54) is 0 Å². The highest BCUT2D eigenvalue weighted by Crippen LogP contribution is 2.18.